The zero-order chi connectivity index (χ0) is 15.9. The lowest BCUT2D eigenvalue weighted by molar-refractivity contribution is -0.184. The second-order valence-corrected chi connectivity index (χ2v) is 5.48. The van der Waals surface area contributed by atoms with Crippen molar-refractivity contribution in [3.63, 3.8) is 0 Å². The minimum atomic E-state index is -4.27. The molecule has 0 saturated carbocycles. The summed E-state index contributed by atoms with van der Waals surface area (Å²) in [5, 5.41) is 4.33. The number of hydrogen-bond donors (Lipinski definition) is 0. The largest absolute Gasteiger partial charge is 0.393 e. The van der Waals surface area contributed by atoms with E-state index in [-0.39, 0.29) is 18.5 Å². The summed E-state index contributed by atoms with van der Waals surface area (Å²) in [7, 11) is 0. The molecule has 0 spiro atoms. The molecule has 3 heterocycles. The molecule has 0 radical (unpaired) electrons. The van der Waals surface area contributed by atoms with Crippen molar-refractivity contribution >= 4 is 17.0 Å². The van der Waals surface area contributed by atoms with Crippen LogP contribution in [0.25, 0.3) is 11.1 Å². The molecule has 1 aliphatic rings. The molecular weight excluding hydrogens is 299 g/mol. The monoisotopic (exact) mass is 313 g/mol. The fourth-order valence-corrected chi connectivity index (χ4v) is 2.67. The van der Waals surface area contributed by atoms with Gasteiger partial charge in [-0.25, -0.2) is 4.98 Å². The molecule has 1 fully saturated rings. The van der Waals surface area contributed by atoms with Gasteiger partial charge < -0.3 is 9.42 Å². The van der Waals surface area contributed by atoms with Gasteiger partial charge in [-0.3, -0.25) is 4.79 Å². The minimum Gasteiger partial charge on any atom is -0.338 e. The van der Waals surface area contributed by atoms with E-state index in [0.717, 1.165) is 0 Å². The molecular formula is C14H14F3N3O2. The summed E-state index contributed by atoms with van der Waals surface area (Å²) < 4.78 is 43.4. The van der Waals surface area contributed by atoms with Gasteiger partial charge in [0.05, 0.1) is 22.6 Å². The molecule has 2 aromatic rings. The maximum absolute atomic E-state index is 12.8. The maximum Gasteiger partial charge on any atom is 0.393 e. The first-order chi connectivity index (χ1) is 10.4. The van der Waals surface area contributed by atoms with E-state index in [9.17, 15) is 18.0 Å². The molecule has 0 unspecified atom stereocenters. The van der Waals surface area contributed by atoms with Crippen LogP contribution in [0.15, 0.2) is 16.8 Å². The number of aryl methyl sites for hydroxylation is 1. The average Bonchev–Trinajstić information content (AvgIpc) is 2.87. The van der Waals surface area contributed by atoms with Gasteiger partial charge in [0.15, 0.2) is 0 Å². The normalized spacial score (nSPS) is 19.6. The number of aromatic nitrogens is 2. The smallest absolute Gasteiger partial charge is 0.338 e. The van der Waals surface area contributed by atoms with E-state index in [1.165, 1.54) is 11.1 Å². The Kier molecular flexibility index (Phi) is 3.54. The molecule has 1 amide bonds. The minimum absolute atomic E-state index is 0.0648. The third kappa shape index (κ3) is 2.65. The fraction of sp³-hybridized carbons (Fsp3) is 0.500. The quantitative estimate of drug-likeness (QED) is 0.812. The van der Waals surface area contributed by atoms with E-state index in [2.05, 4.69) is 10.1 Å². The van der Waals surface area contributed by atoms with E-state index < -0.39 is 18.0 Å². The number of nitrogens with zero attached hydrogens (tertiary/aromatic N) is 3. The summed E-state index contributed by atoms with van der Waals surface area (Å²) >= 11 is 0. The number of carbonyl (C=O) groups is 1. The molecule has 118 valence electrons. The molecule has 0 N–H and O–H groups in total. The Morgan fingerprint density at radius 2 is 2.23 bits per heavy atom. The Hall–Kier alpha value is -2.12. The summed E-state index contributed by atoms with van der Waals surface area (Å²) in [4.78, 5) is 17.6. The number of piperidine rings is 1. The molecule has 2 aromatic heterocycles. The number of carbonyl (C=O) groups excluding carboxylic acids is 1. The zero-order valence-corrected chi connectivity index (χ0v) is 11.9. The molecule has 0 bridgehead atoms. The van der Waals surface area contributed by atoms with Crippen molar-refractivity contribution in [2.75, 3.05) is 13.1 Å². The van der Waals surface area contributed by atoms with Crippen LogP contribution in [-0.2, 0) is 0 Å². The van der Waals surface area contributed by atoms with Gasteiger partial charge in [-0.15, -0.1) is 0 Å². The molecule has 1 aliphatic heterocycles. The summed E-state index contributed by atoms with van der Waals surface area (Å²) in [6.45, 7) is 1.73. The number of likely N-dealkylation sites (tertiary alicyclic amines) is 1. The highest BCUT2D eigenvalue weighted by Gasteiger charge is 2.42. The molecule has 0 aromatic carbocycles. The van der Waals surface area contributed by atoms with Crippen LogP contribution in [-0.4, -0.2) is 40.2 Å². The molecule has 1 atom stereocenters. The third-order valence-corrected chi connectivity index (χ3v) is 3.93. The highest BCUT2D eigenvalue weighted by atomic mass is 19.4. The van der Waals surface area contributed by atoms with Gasteiger partial charge in [0.25, 0.3) is 11.6 Å². The molecule has 5 nitrogen and oxygen atoms in total. The second kappa shape index (κ2) is 5.26. The SMILES string of the molecule is Cc1noc2ncc(C(=O)N3CCC[C@@H](C(F)(F)F)C3)cc12. The number of alkyl halides is 3. The van der Waals surface area contributed by atoms with Gasteiger partial charge in [0, 0.05) is 19.3 Å². The molecule has 0 aliphatic carbocycles. The number of hydrogen-bond acceptors (Lipinski definition) is 4. The fourth-order valence-electron chi connectivity index (χ4n) is 2.67. The van der Waals surface area contributed by atoms with Gasteiger partial charge in [0.1, 0.15) is 0 Å². The molecule has 1 saturated heterocycles. The lowest BCUT2D eigenvalue weighted by Crippen LogP contribution is -2.44. The van der Waals surface area contributed by atoms with E-state index in [0.29, 0.717) is 29.8 Å². The number of rotatable bonds is 1. The summed E-state index contributed by atoms with van der Waals surface area (Å²) in [6, 6.07) is 1.56. The van der Waals surface area contributed by atoms with Gasteiger partial charge >= 0.3 is 6.18 Å². The van der Waals surface area contributed by atoms with Crippen molar-refractivity contribution < 1.29 is 22.5 Å². The van der Waals surface area contributed by atoms with Crippen LogP contribution < -0.4 is 0 Å². The van der Waals surface area contributed by atoms with Crippen molar-refractivity contribution in [1.82, 2.24) is 15.0 Å². The first-order valence-electron chi connectivity index (χ1n) is 6.94. The Morgan fingerprint density at radius 1 is 1.45 bits per heavy atom. The van der Waals surface area contributed by atoms with Gasteiger partial charge in [-0.05, 0) is 25.8 Å². The van der Waals surface area contributed by atoms with Gasteiger partial charge in [-0.2, -0.15) is 13.2 Å². The van der Waals surface area contributed by atoms with E-state index in [1.807, 2.05) is 0 Å². The average molecular weight is 313 g/mol. The van der Waals surface area contributed by atoms with Crippen molar-refractivity contribution in [3.05, 3.63) is 23.5 Å². The molecule has 8 heteroatoms. The van der Waals surface area contributed by atoms with Crippen molar-refractivity contribution in [3.8, 4) is 0 Å². The van der Waals surface area contributed by atoms with Crippen molar-refractivity contribution in [2.24, 2.45) is 5.92 Å². The number of amides is 1. The Morgan fingerprint density at radius 3 is 2.95 bits per heavy atom. The van der Waals surface area contributed by atoms with Gasteiger partial charge in [0.2, 0.25) is 0 Å². The maximum atomic E-state index is 12.8. The van der Waals surface area contributed by atoms with Crippen LogP contribution >= 0.6 is 0 Å². The van der Waals surface area contributed by atoms with Crippen LogP contribution in [0.3, 0.4) is 0 Å². The molecule has 22 heavy (non-hydrogen) atoms. The number of pyridine rings is 1. The summed E-state index contributed by atoms with van der Waals surface area (Å²) in [5.41, 5.74) is 1.14. The van der Waals surface area contributed by atoms with E-state index in [4.69, 9.17) is 4.52 Å². The summed E-state index contributed by atoms with van der Waals surface area (Å²) in [6.07, 6.45) is -2.55. The first-order valence-corrected chi connectivity index (χ1v) is 6.94. The third-order valence-electron chi connectivity index (χ3n) is 3.93. The number of halogens is 3. The highest BCUT2D eigenvalue weighted by Crippen LogP contribution is 2.33. The Labute approximate surface area is 124 Å². The lowest BCUT2D eigenvalue weighted by Gasteiger charge is -2.33. The van der Waals surface area contributed by atoms with Crippen molar-refractivity contribution in [2.45, 2.75) is 25.9 Å². The zero-order valence-electron chi connectivity index (χ0n) is 11.9. The predicted molar refractivity (Wildman–Crippen MR) is 71.2 cm³/mol. The van der Waals surface area contributed by atoms with Crippen LogP contribution in [0, 0.1) is 12.8 Å². The summed E-state index contributed by atoms with van der Waals surface area (Å²) in [5.74, 6) is -1.90. The van der Waals surface area contributed by atoms with Crippen LogP contribution in [0.1, 0.15) is 28.9 Å². The lowest BCUT2D eigenvalue weighted by atomic mass is 9.97. The second-order valence-electron chi connectivity index (χ2n) is 5.48. The van der Waals surface area contributed by atoms with Crippen molar-refractivity contribution in [1.29, 1.82) is 0 Å². The Balaban J connectivity index is 1.84. The van der Waals surface area contributed by atoms with Crippen LogP contribution in [0.5, 0.6) is 0 Å². The molecule has 3 rings (SSSR count). The van der Waals surface area contributed by atoms with E-state index in [1.54, 1.807) is 13.0 Å². The predicted octanol–water partition coefficient (Wildman–Crippen LogP) is 2.95. The van der Waals surface area contributed by atoms with Crippen LogP contribution in [0.4, 0.5) is 13.2 Å². The highest BCUT2D eigenvalue weighted by molar-refractivity contribution is 5.97. The number of fused-ring (bicyclic) bond motifs is 1. The topological polar surface area (TPSA) is 59.2 Å². The first kappa shape index (κ1) is 14.8. The standard InChI is InChI=1S/C14H14F3N3O2/c1-8-11-5-9(6-18-12(11)22-19-8)13(21)20-4-2-3-10(7-20)14(15,16)17/h5-6,10H,2-4,7H2,1H3/t10-/m1/s1. The van der Waals surface area contributed by atoms with Crippen LogP contribution in [0.2, 0.25) is 0 Å². The van der Waals surface area contributed by atoms with E-state index >= 15 is 0 Å². The van der Waals surface area contributed by atoms with Gasteiger partial charge in [-0.1, -0.05) is 5.16 Å². The Bertz CT molecular complexity index is 711.